The summed E-state index contributed by atoms with van der Waals surface area (Å²) in [6, 6.07) is 18.5. The van der Waals surface area contributed by atoms with Crippen molar-refractivity contribution in [3.05, 3.63) is 94.1 Å². The van der Waals surface area contributed by atoms with Crippen LogP contribution in [-0.2, 0) is 4.79 Å². The molecule has 8 nitrogen and oxygen atoms in total. The Bertz CT molecular complexity index is 1450. The number of carboxylic acid groups (broad SMARTS) is 1. The molecule has 0 bridgehead atoms. The summed E-state index contributed by atoms with van der Waals surface area (Å²) >= 11 is 12.4. The number of amides is 1. The van der Waals surface area contributed by atoms with E-state index in [0.29, 0.717) is 52.2 Å². The number of aliphatic carboxylic acids is 1. The van der Waals surface area contributed by atoms with Gasteiger partial charge >= 0.3 is 5.97 Å². The smallest absolute Gasteiger partial charge is 0.311 e. The minimum Gasteiger partial charge on any atom is -0.493 e. The number of anilines is 1. The predicted octanol–water partition coefficient (Wildman–Crippen LogP) is 6.17. The first-order valence-electron chi connectivity index (χ1n) is 11.0. The van der Waals surface area contributed by atoms with E-state index in [1.807, 2.05) is 12.1 Å². The molecule has 1 aliphatic heterocycles. The van der Waals surface area contributed by atoms with Crippen molar-refractivity contribution in [3.8, 4) is 22.9 Å². The summed E-state index contributed by atoms with van der Waals surface area (Å²) in [4.78, 5) is 24.2. The third-order valence-corrected chi connectivity index (χ3v) is 6.18. The molecule has 0 aliphatic carbocycles. The number of rotatable bonds is 6. The molecule has 0 spiro atoms. The first-order valence-corrected chi connectivity index (χ1v) is 11.7. The number of nitrogens with zero attached hydrogens (tertiary/aromatic N) is 2. The molecular formula is C26H19Cl2N3O5. The zero-order valence-electron chi connectivity index (χ0n) is 18.7. The molecule has 0 saturated heterocycles. The second-order valence-corrected chi connectivity index (χ2v) is 8.90. The van der Waals surface area contributed by atoms with Crippen molar-refractivity contribution in [2.75, 3.05) is 11.9 Å². The van der Waals surface area contributed by atoms with E-state index in [2.05, 4.69) is 10.4 Å². The lowest BCUT2D eigenvalue weighted by Gasteiger charge is -2.24. The fourth-order valence-electron chi connectivity index (χ4n) is 3.87. The van der Waals surface area contributed by atoms with Crippen LogP contribution in [0.1, 0.15) is 28.3 Å². The molecular weight excluding hydrogens is 505 g/mol. The Hall–Kier alpha value is -4.01. The van der Waals surface area contributed by atoms with Gasteiger partial charge in [-0.1, -0.05) is 29.3 Å². The Balaban J connectivity index is 1.27. The van der Waals surface area contributed by atoms with E-state index in [1.165, 1.54) is 0 Å². The van der Waals surface area contributed by atoms with Crippen LogP contribution in [0.5, 0.6) is 17.2 Å². The molecule has 1 atom stereocenters. The van der Waals surface area contributed by atoms with E-state index in [1.54, 1.807) is 65.5 Å². The van der Waals surface area contributed by atoms with Crippen LogP contribution in [0.4, 0.5) is 5.82 Å². The van der Waals surface area contributed by atoms with Gasteiger partial charge in [0.25, 0.3) is 5.91 Å². The second kappa shape index (κ2) is 9.93. The van der Waals surface area contributed by atoms with E-state index in [4.69, 9.17) is 32.7 Å². The van der Waals surface area contributed by atoms with E-state index in [-0.39, 0.29) is 10.9 Å². The topological polar surface area (TPSA) is 103 Å². The summed E-state index contributed by atoms with van der Waals surface area (Å²) in [5, 5.41) is 17.4. The van der Waals surface area contributed by atoms with Crippen molar-refractivity contribution in [1.29, 1.82) is 0 Å². The number of carboxylic acids is 1. The lowest BCUT2D eigenvalue weighted by Crippen LogP contribution is -2.20. The van der Waals surface area contributed by atoms with E-state index in [9.17, 15) is 14.7 Å². The van der Waals surface area contributed by atoms with Gasteiger partial charge in [0.05, 0.1) is 23.2 Å². The quantitative estimate of drug-likeness (QED) is 0.313. The summed E-state index contributed by atoms with van der Waals surface area (Å²) in [6.07, 6.45) is 2.10. The van der Waals surface area contributed by atoms with E-state index in [0.717, 1.165) is 5.69 Å². The van der Waals surface area contributed by atoms with Gasteiger partial charge in [0.1, 0.15) is 17.2 Å². The highest BCUT2D eigenvalue weighted by Crippen LogP contribution is 2.41. The number of nitrogens with one attached hydrogen (secondary N) is 1. The normalized spacial score (nSPS) is 14.4. The highest BCUT2D eigenvalue weighted by molar-refractivity contribution is 6.32. The molecule has 0 fully saturated rings. The number of benzene rings is 3. The average Bonchev–Trinajstić information content (AvgIpc) is 3.33. The van der Waals surface area contributed by atoms with E-state index < -0.39 is 11.9 Å². The number of hydrogen-bond acceptors (Lipinski definition) is 5. The molecule has 3 aromatic carbocycles. The maximum absolute atomic E-state index is 12.7. The third kappa shape index (κ3) is 5.00. The van der Waals surface area contributed by atoms with Crippen LogP contribution >= 0.6 is 23.2 Å². The molecule has 2 N–H and O–H groups in total. The highest BCUT2D eigenvalue weighted by atomic mass is 35.5. The second-order valence-electron chi connectivity index (χ2n) is 8.05. The molecule has 182 valence electrons. The molecule has 1 aromatic heterocycles. The van der Waals surface area contributed by atoms with Gasteiger partial charge in [0.15, 0.2) is 5.82 Å². The highest BCUT2D eigenvalue weighted by Gasteiger charge is 2.29. The van der Waals surface area contributed by atoms with Crippen molar-refractivity contribution < 1.29 is 24.2 Å². The lowest BCUT2D eigenvalue weighted by molar-refractivity contribution is -0.139. The molecule has 0 radical (unpaired) electrons. The molecule has 1 unspecified atom stereocenters. The van der Waals surface area contributed by atoms with Crippen LogP contribution in [0.15, 0.2) is 72.9 Å². The maximum atomic E-state index is 12.7. The SMILES string of the molecule is O=C(Nc1ccn(-c2cccc(Cl)c2)n1)c1ccc(Oc2cc3c(cc2Cl)C(C(=O)O)CCO3)cc1. The molecule has 10 heteroatoms. The fraction of sp³-hybridized carbons (Fsp3) is 0.115. The monoisotopic (exact) mass is 523 g/mol. The standard InChI is InChI=1S/C26H19Cl2N3O5/c27-16-2-1-3-17(12-16)31-10-8-24(30-31)29-25(32)15-4-6-18(7-5-15)36-23-14-22-20(13-21(23)28)19(26(33)34)9-11-35-22/h1-8,10,12-14,19H,9,11H2,(H,33,34)(H,29,30,32). The largest absolute Gasteiger partial charge is 0.493 e. The Labute approximate surface area is 216 Å². The van der Waals surface area contributed by atoms with Gasteiger partial charge in [-0.15, -0.1) is 0 Å². The minimum atomic E-state index is -0.922. The molecule has 2 heterocycles. The van der Waals surface area contributed by atoms with Gasteiger partial charge in [0.2, 0.25) is 0 Å². The van der Waals surface area contributed by atoms with Gasteiger partial charge in [-0.05, 0) is 55.0 Å². The third-order valence-electron chi connectivity index (χ3n) is 5.65. The van der Waals surface area contributed by atoms with Crippen molar-refractivity contribution >= 4 is 40.9 Å². The van der Waals surface area contributed by atoms with Crippen LogP contribution in [0, 0.1) is 0 Å². The first kappa shape index (κ1) is 23.7. The van der Waals surface area contributed by atoms with Gasteiger partial charge in [-0.2, -0.15) is 5.10 Å². The Morgan fingerprint density at radius 2 is 1.89 bits per heavy atom. The fourth-order valence-corrected chi connectivity index (χ4v) is 4.26. The predicted molar refractivity (Wildman–Crippen MR) is 135 cm³/mol. The molecule has 5 rings (SSSR count). The van der Waals surface area contributed by atoms with Crippen molar-refractivity contribution in [3.63, 3.8) is 0 Å². The van der Waals surface area contributed by atoms with Crippen LogP contribution in [0.2, 0.25) is 10.0 Å². The van der Waals surface area contributed by atoms with Crippen LogP contribution < -0.4 is 14.8 Å². The summed E-state index contributed by atoms with van der Waals surface area (Å²) in [5.41, 5.74) is 1.70. The van der Waals surface area contributed by atoms with Crippen LogP contribution in [-0.4, -0.2) is 33.4 Å². The van der Waals surface area contributed by atoms with Crippen molar-refractivity contribution in [2.24, 2.45) is 0 Å². The Morgan fingerprint density at radius 1 is 1.08 bits per heavy atom. The molecule has 0 saturated carbocycles. The summed E-state index contributed by atoms with van der Waals surface area (Å²) < 4.78 is 13.1. The number of carbonyl (C=O) groups is 2. The Morgan fingerprint density at radius 3 is 2.64 bits per heavy atom. The molecule has 36 heavy (non-hydrogen) atoms. The van der Waals surface area contributed by atoms with Gasteiger partial charge in [0, 0.05) is 34.5 Å². The van der Waals surface area contributed by atoms with Gasteiger partial charge < -0.3 is 19.9 Å². The average molecular weight is 524 g/mol. The van der Waals surface area contributed by atoms with Crippen LogP contribution in [0.25, 0.3) is 5.69 Å². The molecule has 1 aliphatic rings. The maximum Gasteiger partial charge on any atom is 0.311 e. The number of carbonyl (C=O) groups excluding carboxylic acids is 1. The summed E-state index contributed by atoms with van der Waals surface area (Å²) in [7, 11) is 0. The van der Waals surface area contributed by atoms with Crippen molar-refractivity contribution in [1.82, 2.24) is 9.78 Å². The van der Waals surface area contributed by atoms with Crippen molar-refractivity contribution in [2.45, 2.75) is 12.3 Å². The molecule has 4 aromatic rings. The Kier molecular flexibility index (Phi) is 6.54. The molecule has 1 amide bonds. The summed E-state index contributed by atoms with van der Waals surface area (Å²) in [6.45, 7) is 0.298. The zero-order chi connectivity index (χ0) is 25.2. The zero-order valence-corrected chi connectivity index (χ0v) is 20.2. The number of hydrogen-bond donors (Lipinski definition) is 2. The van der Waals surface area contributed by atoms with E-state index >= 15 is 0 Å². The number of fused-ring (bicyclic) bond motifs is 1. The number of halogens is 2. The number of aromatic nitrogens is 2. The first-order chi connectivity index (χ1) is 17.4. The van der Waals surface area contributed by atoms with Crippen LogP contribution in [0.3, 0.4) is 0 Å². The minimum absolute atomic E-state index is 0.266. The van der Waals surface area contributed by atoms with Gasteiger partial charge in [-0.25, -0.2) is 4.68 Å². The van der Waals surface area contributed by atoms with Gasteiger partial charge in [-0.3, -0.25) is 9.59 Å². The number of ether oxygens (including phenoxy) is 2. The lowest BCUT2D eigenvalue weighted by atomic mass is 9.93. The summed E-state index contributed by atoms with van der Waals surface area (Å²) in [5.74, 6) is -0.335.